The minimum absolute atomic E-state index is 0.0211. The average Bonchev–Trinajstić information content (AvgIpc) is 2.25. The van der Waals surface area contributed by atoms with Gasteiger partial charge in [-0.2, -0.15) is 0 Å². The average molecular weight is 255 g/mol. The van der Waals surface area contributed by atoms with Crippen LogP contribution in [0.25, 0.3) is 0 Å². The maximum absolute atomic E-state index is 11.4. The van der Waals surface area contributed by atoms with Crippen molar-refractivity contribution < 1.29 is 13.2 Å². The van der Waals surface area contributed by atoms with Crippen LogP contribution in [0, 0.1) is 0 Å². The molecule has 0 aliphatic rings. The monoisotopic (exact) mass is 255 g/mol. The number of benzene rings is 1. The third-order valence-electron chi connectivity index (χ3n) is 2.42. The van der Waals surface area contributed by atoms with Gasteiger partial charge in [0.25, 0.3) is 0 Å². The van der Waals surface area contributed by atoms with Crippen LogP contribution in [-0.2, 0) is 21.1 Å². The summed E-state index contributed by atoms with van der Waals surface area (Å²) >= 11 is 0. The zero-order valence-corrected chi connectivity index (χ0v) is 10.7. The number of ketones is 1. The van der Waals surface area contributed by atoms with E-state index in [0.29, 0.717) is 18.5 Å². The van der Waals surface area contributed by atoms with Crippen LogP contribution in [0.5, 0.6) is 0 Å². The van der Waals surface area contributed by atoms with Gasteiger partial charge in [0.05, 0.1) is 5.75 Å². The fourth-order valence-corrected chi connectivity index (χ4v) is 1.99. The molecule has 0 aromatic heterocycles. The van der Waals surface area contributed by atoms with Crippen LogP contribution in [-0.4, -0.2) is 26.2 Å². The molecular formula is C12H17NO3S. The van der Waals surface area contributed by atoms with Crippen molar-refractivity contribution in [3.05, 3.63) is 29.8 Å². The van der Waals surface area contributed by atoms with Crippen molar-refractivity contribution in [3.63, 3.8) is 0 Å². The Hall–Kier alpha value is -1.36. The van der Waals surface area contributed by atoms with Crippen molar-refractivity contribution in [2.75, 3.05) is 17.7 Å². The molecule has 1 aromatic rings. The number of anilines is 1. The number of aryl methyl sites for hydroxylation is 1. The molecular weight excluding hydrogens is 238 g/mol. The number of Topliss-reactive ketones (excluding diaryl/α,β-unsaturated/α-hetero) is 1. The number of nitrogen functional groups attached to an aromatic ring is 1. The standard InChI is InChI=1S/C12H17NO3S/c1-17(15,16)9-8-12(14)7-4-10-2-5-11(13)6-3-10/h2-3,5-6H,4,7-9,13H2,1H3. The molecule has 17 heavy (non-hydrogen) atoms. The first-order valence-corrected chi connectivity index (χ1v) is 7.47. The van der Waals surface area contributed by atoms with Crippen LogP contribution in [0.2, 0.25) is 0 Å². The van der Waals surface area contributed by atoms with Crippen molar-refractivity contribution in [1.29, 1.82) is 0 Å². The van der Waals surface area contributed by atoms with Crippen molar-refractivity contribution in [2.45, 2.75) is 19.3 Å². The second-order valence-electron chi connectivity index (χ2n) is 4.16. The van der Waals surface area contributed by atoms with Crippen LogP contribution >= 0.6 is 0 Å². The van der Waals surface area contributed by atoms with E-state index in [1.165, 1.54) is 0 Å². The van der Waals surface area contributed by atoms with E-state index in [9.17, 15) is 13.2 Å². The van der Waals surface area contributed by atoms with Gasteiger partial charge in [-0.15, -0.1) is 0 Å². The van der Waals surface area contributed by atoms with Gasteiger partial charge in [0.2, 0.25) is 0 Å². The molecule has 0 saturated carbocycles. The molecule has 0 bridgehead atoms. The van der Waals surface area contributed by atoms with Gasteiger partial charge < -0.3 is 5.73 Å². The van der Waals surface area contributed by atoms with E-state index < -0.39 is 9.84 Å². The minimum Gasteiger partial charge on any atom is -0.399 e. The van der Waals surface area contributed by atoms with Crippen molar-refractivity contribution in [3.8, 4) is 0 Å². The Morgan fingerprint density at radius 2 is 1.76 bits per heavy atom. The fraction of sp³-hybridized carbons (Fsp3) is 0.417. The maximum atomic E-state index is 11.4. The van der Waals surface area contributed by atoms with Crippen LogP contribution in [0.4, 0.5) is 5.69 Å². The molecule has 1 rings (SSSR count). The summed E-state index contributed by atoms with van der Waals surface area (Å²) in [6.45, 7) is 0. The van der Waals surface area contributed by atoms with E-state index in [2.05, 4.69) is 0 Å². The molecule has 0 spiro atoms. The lowest BCUT2D eigenvalue weighted by atomic mass is 10.1. The number of hydrogen-bond acceptors (Lipinski definition) is 4. The smallest absolute Gasteiger partial charge is 0.147 e. The number of rotatable bonds is 6. The Kier molecular flexibility index (Phi) is 4.69. The summed E-state index contributed by atoms with van der Waals surface area (Å²) in [6.07, 6.45) is 2.25. The summed E-state index contributed by atoms with van der Waals surface area (Å²) in [5.74, 6) is -0.0830. The third kappa shape index (κ3) is 6.06. The summed E-state index contributed by atoms with van der Waals surface area (Å²) in [5.41, 5.74) is 7.27. The molecule has 5 heteroatoms. The highest BCUT2D eigenvalue weighted by Crippen LogP contribution is 2.08. The quantitative estimate of drug-likeness (QED) is 0.775. The zero-order chi connectivity index (χ0) is 12.9. The molecule has 2 N–H and O–H groups in total. The first kappa shape index (κ1) is 13.7. The highest BCUT2D eigenvalue weighted by molar-refractivity contribution is 7.90. The number of carbonyl (C=O) groups excluding carboxylic acids is 1. The lowest BCUT2D eigenvalue weighted by Gasteiger charge is -2.02. The number of hydrogen-bond donors (Lipinski definition) is 1. The molecule has 1 aromatic carbocycles. The number of carbonyl (C=O) groups is 1. The Bertz CT molecular complexity index is 477. The molecule has 0 radical (unpaired) electrons. The molecule has 4 nitrogen and oxygen atoms in total. The van der Waals surface area contributed by atoms with Crippen LogP contribution in [0.1, 0.15) is 18.4 Å². The Balaban J connectivity index is 2.36. The summed E-state index contributed by atoms with van der Waals surface area (Å²) in [4.78, 5) is 11.4. The van der Waals surface area contributed by atoms with Gasteiger partial charge in [-0.05, 0) is 24.1 Å². The van der Waals surface area contributed by atoms with E-state index in [1.54, 1.807) is 12.1 Å². The van der Waals surface area contributed by atoms with Gasteiger partial charge >= 0.3 is 0 Å². The minimum atomic E-state index is -3.05. The molecule has 94 valence electrons. The molecule has 0 saturated heterocycles. The first-order chi connectivity index (χ1) is 7.87. The molecule has 0 heterocycles. The predicted octanol–water partition coefficient (Wildman–Crippen LogP) is 1.21. The second kappa shape index (κ2) is 5.82. The molecule has 0 atom stereocenters. The van der Waals surface area contributed by atoms with E-state index in [-0.39, 0.29) is 18.0 Å². The van der Waals surface area contributed by atoms with Gasteiger partial charge in [-0.25, -0.2) is 8.42 Å². The summed E-state index contributed by atoms with van der Waals surface area (Å²) < 4.78 is 21.8. The highest BCUT2D eigenvalue weighted by Gasteiger charge is 2.08. The third-order valence-corrected chi connectivity index (χ3v) is 3.37. The molecule has 0 amide bonds. The fourth-order valence-electron chi connectivity index (χ4n) is 1.39. The second-order valence-corrected chi connectivity index (χ2v) is 6.42. The molecule has 0 aliphatic heterocycles. The predicted molar refractivity (Wildman–Crippen MR) is 68.5 cm³/mol. The van der Waals surface area contributed by atoms with Crippen molar-refractivity contribution in [1.82, 2.24) is 0 Å². The maximum Gasteiger partial charge on any atom is 0.147 e. The summed E-state index contributed by atoms with van der Waals surface area (Å²) in [6, 6.07) is 7.32. The Morgan fingerprint density at radius 1 is 1.18 bits per heavy atom. The zero-order valence-electron chi connectivity index (χ0n) is 9.85. The van der Waals surface area contributed by atoms with Gasteiger partial charge in [0.1, 0.15) is 15.6 Å². The van der Waals surface area contributed by atoms with Crippen LogP contribution in [0.15, 0.2) is 24.3 Å². The van der Waals surface area contributed by atoms with E-state index >= 15 is 0 Å². The SMILES string of the molecule is CS(=O)(=O)CCC(=O)CCc1ccc(N)cc1. The van der Waals surface area contributed by atoms with Gasteiger partial charge in [0.15, 0.2) is 0 Å². The van der Waals surface area contributed by atoms with Crippen LogP contribution < -0.4 is 5.73 Å². The Labute approximate surface area is 102 Å². The van der Waals surface area contributed by atoms with Crippen molar-refractivity contribution in [2.24, 2.45) is 0 Å². The normalized spacial score (nSPS) is 11.4. The molecule has 0 aliphatic carbocycles. The highest BCUT2D eigenvalue weighted by atomic mass is 32.2. The number of nitrogens with two attached hydrogens (primary N) is 1. The summed E-state index contributed by atoms with van der Waals surface area (Å²) in [5, 5.41) is 0. The van der Waals surface area contributed by atoms with E-state index in [1.807, 2.05) is 12.1 Å². The van der Waals surface area contributed by atoms with Crippen LogP contribution in [0.3, 0.4) is 0 Å². The number of sulfone groups is 1. The molecule has 0 unspecified atom stereocenters. The Morgan fingerprint density at radius 3 is 2.29 bits per heavy atom. The first-order valence-electron chi connectivity index (χ1n) is 5.41. The van der Waals surface area contributed by atoms with E-state index in [0.717, 1.165) is 11.8 Å². The topological polar surface area (TPSA) is 77.2 Å². The van der Waals surface area contributed by atoms with Crippen molar-refractivity contribution >= 4 is 21.3 Å². The van der Waals surface area contributed by atoms with E-state index in [4.69, 9.17) is 5.73 Å². The molecule has 0 fully saturated rings. The summed E-state index contributed by atoms with van der Waals surface area (Å²) in [7, 11) is -3.05. The largest absolute Gasteiger partial charge is 0.399 e. The lowest BCUT2D eigenvalue weighted by molar-refractivity contribution is -0.118. The van der Waals surface area contributed by atoms with Gasteiger partial charge in [-0.3, -0.25) is 4.79 Å². The lowest BCUT2D eigenvalue weighted by Crippen LogP contribution is -2.09. The van der Waals surface area contributed by atoms with Gasteiger partial charge in [0, 0.05) is 24.8 Å². The van der Waals surface area contributed by atoms with Gasteiger partial charge in [-0.1, -0.05) is 12.1 Å².